The number of aromatic nitrogens is 3. The molecule has 0 radical (unpaired) electrons. The lowest BCUT2D eigenvalue weighted by molar-refractivity contribution is 0.00583. The van der Waals surface area contributed by atoms with E-state index in [1.54, 1.807) is 0 Å². The normalized spacial score (nSPS) is 30.1. The van der Waals surface area contributed by atoms with Gasteiger partial charge in [-0.2, -0.15) is 0 Å². The second-order valence-corrected chi connectivity index (χ2v) is 4.66. The maximum Gasteiger partial charge on any atom is 0.163 e. The van der Waals surface area contributed by atoms with E-state index in [2.05, 4.69) is 14.8 Å². The number of hydrogen-bond donors (Lipinski definition) is 1. The third-order valence-corrected chi connectivity index (χ3v) is 3.49. The molecule has 0 bridgehead atoms. The predicted octanol–water partition coefficient (Wildman–Crippen LogP) is 1.31. The zero-order chi connectivity index (χ0) is 11.0. The van der Waals surface area contributed by atoms with Crippen molar-refractivity contribution in [1.29, 1.82) is 0 Å². The number of fused-ring (bicyclic) bond motifs is 1. The number of rotatable bonds is 1. The minimum absolute atomic E-state index is 0.0410. The van der Waals surface area contributed by atoms with Crippen molar-refractivity contribution in [3.63, 3.8) is 0 Å². The standard InChI is InChI=1S/C11H18N4O/c12-9-5-3-6-10-13-14-11(15(9)10)8-4-1-2-7-16-8/h8-9H,1-7,12H2. The maximum atomic E-state index is 6.13. The van der Waals surface area contributed by atoms with Crippen molar-refractivity contribution >= 4 is 0 Å². The van der Waals surface area contributed by atoms with Crippen LogP contribution in [0, 0.1) is 0 Å². The largest absolute Gasteiger partial charge is 0.370 e. The van der Waals surface area contributed by atoms with Crippen molar-refractivity contribution in [2.45, 2.75) is 50.8 Å². The molecular formula is C11H18N4O. The average Bonchev–Trinajstić information content (AvgIpc) is 2.75. The monoisotopic (exact) mass is 222 g/mol. The van der Waals surface area contributed by atoms with E-state index in [9.17, 15) is 0 Å². The molecule has 0 amide bonds. The Bertz CT molecular complexity index is 370. The summed E-state index contributed by atoms with van der Waals surface area (Å²) in [5.41, 5.74) is 6.13. The van der Waals surface area contributed by atoms with Crippen LogP contribution in [0.25, 0.3) is 0 Å². The highest BCUT2D eigenvalue weighted by atomic mass is 16.5. The quantitative estimate of drug-likeness (QED) is 0.778. The average molecular weight is 222 g/mol. The van der Waals surface area contributed by atoms with Crippen LogP contribution < -0.4 is 5.73 Å². The van der Waals surface area contributed by atoms with Gasteiger partial charge in [-0.1, -0.05) is 0 Å². The fourth-order valence-corrected chi connectivity index (χ4v) is 2.63. The molecule has 2 N–H and O–H groups in total. The van der Waals surface area contributed by atoms with Crippen molar-refractivity contribution in [1.82, 2.24) is 14.8 Å². The van der Waals surface area contributed by atoms with Crippen LogP contribution >= 0.6 is 0 Å². The Morgan fingerprint density at radius 2 is 2.12 bits per heavy atom. The molecule has 2 unspecified atom stereocenters. The van der Waals surface area contributed by atoms with Crippen LogP contribution in [0.5, 0.6) is 0 Å². The lowest BCUT2D eigenvalue weighted by Gasteiger charge is -2.27. The molecule has 3 rings (SSSR count). The Hall–Kier alpha value is -0.940. The molecule has 0 saturated carbocycles. The topological polar surface area (TPSA) is 66.0 Å². The molecular weight excluding hydrogens is 204 g/mol. The van der Waals surface area contributed by atoms with Crippen LogP contribution in [0.1, 0.15) is 56.0 Å². The van der Waals surface area contributed by atoms with E-state index in [-0.39, 0.29) is 12.3 Å². The molecule has 0 spiro atoms. The summed E-state index contributed by atoms with van der Waals surface area (Å²) < 4.78 is 7.85. The molecule has 5 heteroatoms. The Labute approximate surface area is 95.0 Å². The van der Waals surface area contributed by atoms with Crippen LogP contribution in [0.4, 0.5) is 0 Å². The van der Waals surface area contributed by atoms with Crippen molar-refractivity contribution in [3.8, 4) is 0 Å². The second-order valence-electron chi connectivity index (χ2n) is 4.66. The molecule has 1 aromatic rings. The number of nitrogens with zero attached hydrogens (tertiary/aromatic N) is 3. The van der Waals surface area contributed by atoms with E-state index >= 15 is 0 Å². The van der Waals surface area contributed by atoms with E-state index in [0.717, 1.165) is 50.4 Å². The maximum absolute atomic E-state index is 6.13. The molecule has 0 aromatic carbocycles. The molecule has 1 aromatic heterocycles. The number of aryl methyl sites for hydroxylation is 1. The van der Waals surface area contributed by atoms with Crippen LogP contribution in [0.2, 0.25) is 0 Å². The smallest absolute Gasteiger partial charge is 0.163 e. The first-order valence-electron chi connectivity index (χ1n) is 6.17. The number of ether oxygens (including phenoxy) is 1. The molecule has 88 valence electrons. The molecule has 2 atom stereocenters. The summed E-state index contributed by atoms with van der Waals surface area (Å²) in [6.07, 6.45) is 6.69. The highest BCUT2D eigenvalue weighted by molar-refractivity contribution is 5.04. The summed E-state index contributed by atoms with van der Waals surface area (Å²) in [4.78, 5) is 0. The van der Waals surface area contributed by atoms with Gasteiger partial charge in [0.15, 0.2) is 5.82 Å². The highest BCUT2D eigenvalue weighted by Gasteiger charge is 2.28. The Balaban J connectivity index is 1.91. The van der Waals surface area contributed by atoms with Gasteiger partial charge in [0.25, 0.3) is 0 Å². The third-order valence-electron chi connectivity index (χ3n) is 3.49. The van der Waals surface area contributed by atoms with Gasteiger partial charge in [-0.15, -0.1) is 10.2 Å². The Morgan fingerprint density at radius 3 is 2.94 bits per heavy atom. The Morgan fingerprint density at radius 1 is 1.19 bits per heavy atom. The number of hydrogen-bond acceptors (Lipinski definition) is 4. The summed E-state index contributed by atoms with van der Waals surface area (Å²) in [6.45, 7) is 0.835. The summed E-state index contributed by atoms with van der Waals surface area (Å²) in [5, 5.41) is 8.52. The first-order valence-corrected chi connectivity index (χ1v) is 6.17. The van der Waals surface area contributed by atoms with E-state index < -0.39 is 0 Å². The van der Waals surface area contributed by atoms with Crippen LogP contribution in [-0.4, -0.2) is 21.4 Å². The van der Waals surface area contributed by atoms with Crippen LogP contribution in [0.3, 0.4) is 0 Å². The van der Waals surface area contributed by atoms with Crippen molar-refractivity contribution < 1.29 is 4.74 Å². The lowest BCUT2D eigenvalue weighted by atomic mass is 10.1. The van der Waals surface area contributed by atoms with Gasteiger partial charge in [0.05, 0.1) is 6.17 Å². The Kier molecular flexibility index (Phi) is 2.65. The lowest BCUT2D eigenvalue weighted by Crippen LogP contribution is -2.28. The summed E-state index contributed by atoms with van der Waals surface area (Å²) in [5.74, 6) is 1.98. The van der Waals surface area contributed by atoms with Gasteiger partial charge in [-0.3, -0.25) is 4.57 Å². The first-order chi connectivity index (χ1) is 7.86. The SMILES string of the molecule is NC1CCCc2nnc(C3CCCCO3)n21. The second kappa shape index (κ2) is 4.14. The van der Waals surface area contributed by atoms with Gasteiger partial charge in [-0.25, -0.2) is 0 Å². The van der Waals surface area contributed by atoms with Crippen molar-refractivity contribution in [2.75, 3.05) is 6.61 Å². The zero-order valence-electron chi connectivity index (χ0n) is 9.43. The van der Waals surface area contributed by atoms with Crippen LogP contribution in [-0.2, 0) is 11.2 Å². The van der Waals surface area contributed by atoms with E-state index in [4.69, 9.17) is 10.5 Å². The molecule has 2 aliphatic heterocycles. The predicted molar refractivity (Wildman–Crippen MR) is 58.7 cm³/mol. The van der Waals surface area contributed by atoms with Gasteiger partial charge in [0, 0.05) is 13.0 Å². The molecule has 2 aliphatic rings. The van der Waals surface area contributed by atoms with Gasteiger partial charge < -0.3 is 10.5 Å². The van der Waals surface area contributed by atoms with E-state index in [1.165, 1.54) is 6.42 Å². The summed E-state index contributed by atoms with van der Waals surface area (Å²) in [7, 11) is 0. The molecule has 1 saturated heterocycles. The summed E-state index contributed by atoms with van der Waals surface area (Å²) >= 11 is 0. The number of nitrogens with two attached hydrogens (primary N) is 1. The third kappa shape index (κ3) is 1.64. The van der Waals surface area contributed by atoms with E-state index in [1.807, 2.05) is 0 Å². The fourth-order valence-electron chi connectivity index (χ4n) is 2.63. The fraction of sp³-hybridized carbons (Fsp3) is 0.818. The summed E-state index contributed by atoms with van der Waals surface area (Å²) in [6, 6.07) is 0. The molecule has 1 fully saturated rings. The molecule has 5 nitrogen and oxygen atoms in total. The van der Waals surface area contributed by atoms with Crippen LogP contribution in [0.15, 0.2) is 0 Å². The molecule has 16 heavy (non-hydrogen) atoms. The highest BCUT2D eigenvalue weighted by Crippen LogP contribution is 2.30. The van der Waals surface area contributed by atoms with E-state index in [0.29, 0.717) is 0 Å². The van der Waals surface area contributed by atoms with Gasteiger partial charge in [-0.05, 0) is 32.1 Å². The van der Waals surface area contributed by atoms with Gasteiger partial charge in [0.1, 0.15) is 11.9 Å². The zero-order valence-corrected chi connectivity index (χ0v) is 9.43. The van der Waals surface area contributed by atoms with Crippen molar-refractivity contribution in [2.24, 2.45) is 5.73 Å². The molecule has 3 heterocycles. The van der Waals surface area contributed by atoms with Gasteiger partial charge >= 0.3 is 0 Å². The van der Waals surface area contributed by atoms with Gasteiger partial charge in [0.2, 0.25) is 0 Å². The minimum Gasteiger partial charge on any atom is -0.370 e. The minimum atomic E-state index is 0.0410. The van der Waals surface area contributed by atoms with Crippen molar-refractivity contribution in [3.05, 3.63) is 11.6 Å². The first kappa shape index (κ1) is 10.2. The molecule has 0 aliphatic carbocycles.